The van der Waals surface area contributed by atoms with Crippen LogP contribution in [-0.4, -0.2) is 21.0 Å². The molecule has 2 heterocycles. The van der Waals surface area contributed by atoms with Crippen molar-refractivity contribution in [3.63, 3.8) is 0 Å². The van der Waals surface area contributed by atoms with Crippen LogP contribution in [-0.2, 0) is 0 Å². The van der Waals surface area contributed by atoms with Crippen molar-refractivity contribution in [3.8, 4) is 0 Å². The van der Waals surface area contributed by atoms with Gasteiger partial charge in [-0.1, -0.05) is 36.0 Å². The van der Waals surface area contributed by atoms with Gasteiger partial charge in [0.2, 0.25) is 0 Å². The lowest BCUT2D eigenvalue weighted by atomic mass is 10.2. The third-order valence-electron chi connectivity index (χ3n) is 2.75. The van der Waals surface area contributed by atoms with Gasteiger partial charge in [-0.15, -0.1) is 0 Å². The zero-order valence-corrected chi connectivity index (χ0v) is 11.2. The molecular formula is C15H10N2O2S. The lowest BCUT2D eigenvalue weighted by Crippen LogP contribution is -2.01. The van der Waals surface area contributed by atoms with E-state index in [1.54, 1.807) is 12.3 Å². The summed E-state index contributed by atoms with van der Waals surface area (Å²) in [5.74, 6) is -1.03. The maximum atomic E-state index is 11.2. The number of rotatable bonds is 3. The Labute approximate surface area is 119 Å². The summed E-state index contributed by atoms with van der Waals surface area (Å²) >= 11 is 1.43. The Hall–Kier alpha value is -2.40. The van der Waals surface area contributed by atoms with E-state index in [0.29, 0.717) is 5.52 Å². The van der Waals surface area contributed by atoms with Crippen molar-refractivity contribution in [1.82, 2.24) is 9.97 Å². The first-order valence-electron chi connectivity index (χ1n) is 5.96. The Morgan fingerprint density at radius 3 is 2.65 bits per heavy atom. The first-order chi connectivity index (χ1) is 9.74. The number of aromatic carboxylic acids is 1. The Morgan fingerprint density at radius 2 is 1.90 bits per heavy atom. The standard InChI is InChI=1S/C15H10N2O2S/c18-15(19)12-9-13(20-14-7-3-4-8-16-14)10-5-1-2-6-11(10)17-12/h1-9H,(H,18,19). The van der Waals surface area contributed by atoms with Gasteiger partial charge in [0, 0.05) is 16.5 Å². The Bertz CT molecular complexity index is 775. The summed E-state index contributed by atoms with van der Waals surface area (Å²) < 4.78 is 0. The number of hydrogen-bond acceptors (Lipinski definition) is 4. The normalized spacial score (nSPS) is 10.6. The van der Waals surface area contributed by atoms with E-state index in [0.717, 1.165) is 15.3 Å². The number of aromatic nitrogens is 2. The highest BCUT2D eigenvalue weighted by Crippen LogP contribution is 2.32. The van der Waals surface area contributed by atoms with Crippen molar-refractivity contribution < 1.29 is 9.90 Å². The van der Waals surface area contributed by atoms with E-state index < -0.39 is 5.97 Å². The van der Waals surface area contributed by atoms with Gasteiger partial charge in [-0.25, -0.2) is 14.8 Å². The van der Waals surface area contributed by atoms with Crippen molar-refractivity contribution in [1.29, 1.82) is 0 Å². The largest absolute Gasteiger partial charge is 0.477 e. The molecule has 0 aliphatic rings. The summed E-state index contributed by atoms with van der Waals surface area (Å²) in [7, 11) is 0. The Kier molecular flexibility index (Phi) is 3.35. The van der Waals surface area contributed by atoms with Crippen LogP contribution in [0.4, 0.5) is 0 Å². The molecule has 0 aliphatic carbocycles. The number of pyridine rings is 2. The van der Waals surface area contributed by atoms with Gasteiger partial charge in [0.1, 0.15) is 10.7 Å². The molecule has 0 unspecified atom stereocenters. The van der Waals surface area contributed by atoms with Crippen molar-refractivity contribution in [2.75, 3.05) is 0 Å². The van der Waals surface area contributed by atoms with E-state index in [-0.39, 0.29) is 5.69 Å². The van der Waals surface area contributed by atoms with Crippen LogP contribution in [0.3, 0.4) is 0 Å². The summed E-state index contributed by atoms with van der Waals surface area (Å²) in [6.07, 6.45) is 1.71. The van der Waals surface area contributed by atoms with Crippen molar-refractivity contribution in [2.24, 2.45) is 0 Å². The molecule has 0 saturated heterocycles. The predicted molar refractivity (Wildman–Crippen MR) is 77.1 cm³/mol. The average Bonchev–Trinajstić information content (AvgIpc) is 2.48. The SMILES string of the molecule is O=C(O)c1cc(Sc2ccccn2)c2ccccc2n1. The number of carboxylic acid groups (broad SMARTS) is 1. The molecule has 3 rings (SSSR count). The summed E-state index contributed by atoms with van der Waals surface area (Å²) in [6.45, 7) is 0. The third-order valence-corrected chi connectivity index (χ3v) is 3.76. The van der Waals surface area contributed by atoms with Gasteiger partial charge in [-0.3, -0.25) is 0 Å². The zero-order chi connectivity index (χ0) is 13.9. The molecule has 0 amide bonds. The van der Waals surface area contributed by atoms with Crippen LogP contribution in [0.2, 0.25) is 0 Å². The molecule has 98 valence electrons. The molecule has 1 aromatic carbocycles. The minimum absolute atomic E-state index is 0.0436. The fourth-order valence-corrected chi connectivity index (χ4v) is 2.80. The van der Waals surface area contributed by atoms with Gasteiger partial charge < -0.3 is 5.11 Å². The van der Waals surface area contributed by atoms with E-state index >= 15 is 0 Å². The molecule has 0 bridgehead atoms. The van der Waals surface area contributed by atoms with Gasteiger partial charge in [0.05, 0.1) is 5.52 Å². The van der Waals surface area contributed by atoms with E-state index in [1.165, 1.54) is 11.8 Å². The molecule has 0 radical (unpaired) electrons. The second kappa shape index (κ2) is 5.30. The molecule has 0 aliphatic heterocycles. The minimum Gasteiger partial charge on any atom is -0.477 e. The second-order valence-corrected chi connectivity index (χ2v) is 5.16. The van der Waals surface area contributed by atoms with Crippen LogP contribution in [0.5, 0.6) is 0 Å². The van der Waals surface area contributed by atoms with Crippen LogP contribution in [0, 0.1) is 0 Å². The third kappa shape index (κ3) is 2.48. The Morgan fingerprint density at radius 1 is 1.10 bits per heavy atom. The minimum atomic E-state index is -1.03. The van der Waals surface area contributed by atoms with Crippen molar-refractivity contribution in [2.45, 2.75) is 9.92 Å². The lowest BCUT2D eigenvalue weighted by Gasteiger charge is -2.07. The van der Waals surface area contributed by atoms with Crippen LogP contribution < -0.4 is 0 Å². The van der Waals surface area contributed by atoms with Crippen LogP contribution in [0.15, 0.2) is 64.6 Å². The summed E-state index contributed by atoms with van der Waals surface area (Å²) in [5, 5.41) is 10.9. The maximum absolute atomic E-state index is 11.2. The molecule has 1 N–H and O–H groups in total. The zero-order valence-electron chi connectivity index (χ0n) is 10.4. The van der Waals surface area contributed by atoms with Gasteiger partial charge in [-0.2, -0.15) is 0 Å². The van der Waals surface area contributed by atoms with Crippen LogP contribution >= 0.6 is 11.8 Å². The smallest absolute Gasteiger partial charge is 0.354 e. The molecule has 0 spiro atoms. The van der Waals surface area contributed by atoms with Gasteiger partial charge in [-0.05, 0) is 24.3 Å². The number of carbonyl (C=O) groups is 1. The number of fused-ring (bicyclic) bond motifs is 1. The van der Waals surface area contributed by atoms with Gasteiger partial charge >= 0.3 is 5.97 Å². The first-order valence-corrected chi connectivity index (χ1v) is 6.77. The number of carboxylic acids is 1. The monoisotopic (exact) mass is 282 g/mol. The lowest BCUT2D eigenvalue weighted by molar-refractivity contribution is 0.0690. The maximum Gasteiger partial charge on any atom is 0.354 e. The topological polar surface area (TPSA) is 63.1 Å². The van der Waals surface area contributed by atoms with Crippen molar-refractivity contribution in [3.05, 3.63) is 60.4 Å². The average molecular weight is 282 g/mol. The van der Waals surface area contributed by atoms with Gasteiger partial charge in [0.25, 0.3) is 0 Å². The molecule has 0 saturated carbocycles. The predicted octanol–water partition coefficient (Wildman–Crippen LogP) is 3.48. The quantitative estimate of drug-likeness (QED) is 0.796. The molecule has 3 aromatic rings. The molecule has 2 aromatic heterocycles. The summed E-state index contributed by atoms with van der Waals surface area (Å²) in [5.41, 5.74) is 0.716. The van der Waals surface area contributed by atoms with Crippen LogP contribution in [0.1, 0.15) is 10.5 Å². The van der Waals surface area contributed by atoms with Crippen molar-refractivity contribution >= 4 is 28.6 Å². The molecule has 0 fully saturated rings. The van der Waals surface area contributed by atoms with E-state index in [2.05, 4.69) is 9.97 Å². The summed E-state index contributed by atoms with van der Waals surface area (Å²) in [6, 6.07) is 14.7. The molecule has 20 heavy (non-hydrogen) atoms. The highest BCUT2D eigenvalue weighted by Gasteiger charge is 2.11. The first kappa shape index (κ1) is 12.6. The van der Waals surface area contributed by atoms with E-state index in [4.69, 9.17) is 5.11 Å². The number of para-hydroxylation sites is 1. The Balaban J connectivity index is 2.15. The van der Waals surface area contributed by atoms with Crippen LogP contribution in [0.25, 0.3) is 10.9 Å². The second-order valence-electron chi connectivity index (χ2n) is 4.10. The highest BCUT2D eigenvalue weighted by molar-refractivity contribution is 7.99. The fourth-order valence-electron chi connectivity index (χ4n) is 1.86. The molecule has 4 nitrogen and oxygen atoms in total. The molecular weight excluding hydrogens is 272 g/mol. The van der Waals surface area contributed by atoms with Gasteiger partial charge in [0.15, 0.2) is 0 Å². The van der Waals surface area contributed by atoms with E-state index in [1.807, 2.05) is 42.5 Å². The summed E-state index contributed by atoms with van der Waals surface area (Å²) in [4.78, 5) is 20.4. The number of nitrogens with zero attached hydrogens (tertiary/aromatic N) is 2. The molecule has 0 atom stereocenters. The molecule has 5 heteroatoms. The number of hydrogen-bond donors (Lipinski definition) is 1. The fraction of sp³-hybridized carbons (Fsp3) is 0. The van der Waals surface area contributed by atoms with E-state index in [9.17, 15) is 4.79 Å². The highest BCUT2D eigenvalue weighted by atomic mass is 32.2. The number of benzene rings is 1.